The first-order valence-corrected chi connectivity index (χ1v) is 7.97. The number of likely N-dealkylation sites (tertiary alicyclic amines) is 1. The van der Waals surface area contributed by atoms with Gasteiger partial charge in [0.1, 0.15) is 0 Å². The van der Waals surface area contributed by atoms with Gasteiger partial charge < -0.3 is 14.7 Å². The van der Waals surface area contributed by atoms with E-state index in [1.54, 1.807) is 31.2 Å². The molecule has 3 rings (SSSR count). The summed E-state index contributed by atoms with van der Waals surface area (Å²) in [4.78, 5) is 30.3. The Morgan fingerprint density at radius 2 is 2.12 bits per heavy atom. The van der Waals surface area contributed by atoms with Gasteiger partial charge >= 0.3 is 11.8 Å². The second-order valence-electron chi connectivity index (χ2n) is 5.91. The largest absolute Gasteiger partial charge is 0.339 e. The van der Waals surface area contributed by atoms with Crippen LogP contribution in [0.3, 0.4) is 0 Å². The summed E-state index contributed by atoms with van der Waals surface area (Å²) in [5.41, 5.74) is 0.955. The first-order chi connectivity index (χ1) is 12.1. The molecular formula is C17H17N5O3. The van der Waals surface area contributed by atoms with E-state index in [9.17, 15) is 9.59 Å². The molecule has 0 aliphatic carbocycles. The van der Waals surface area contributed by atoms with E-state index in [-0.39, 0.29) is 5.92 Å². The van der Waals surface area contributed by atoms with Crippen LogP contribution in [0.25, 0.3) is 0 Å². The summed E-state index contributed by atoms with van der Waals surface area (Å²) in [6, 6.07) is 8.33. The normalized spacial score (nSPS) is 17.0. The number of hydrogen-bond donors (Lipinski definition) is 1. The van der Waals surface area contributed by atoms with Gasteiger partial charge in [0.2, 0.25) is 5.89 Å². The van der Waals surface area contributed by atoms with Gasteiger partial charge in [0.25, 0.3) is 0 Å². The van der Waals surface area contributed by atoms with Crippen molar-refractivity contribution in [3.63, 3.8) is 0 Å². The maximum absolute atomic E-state index is 12.4. The van der Waals surface area contributed by atoms with Crippen LogP contribution in [0.15, 0.2) is 28.8 Å². The van der Waals surface area contributed by atoms with E-state index in [0.717, 1.165) is 12.8 Å². The number of carbonyl (C=O) groups excluding carboxylic acids is 2. The van der Waals surface area contributed by atoms with Crippen LogP contribution in [0.2, 0.25) is 0 Å². The molecule has 8 nitrogen and oxygen atoms in total. The van der Waals surface area contributed by atoms with Crippen molar-refractivity contribution >= 4 is 17.5 Å². The summed E-state index contributed by atoms with van der Waals surface area (Å²) >= 11 is 0. The van der Waals surface area contributed by atoms with Crippen LogP contribution in [-0.4, -0.2) is 39.9 Å². The molecule has 128 valence electrons. The Bertz CT molecular complexity index is 822. The highest BCUT2D eigenvalue weighted by molar-refractivity contribution is 6.39. The van der Waals surface area contributed by atoms with Gasteiger partial charge in [-0.1, -0.05) is 5.16 Å². The van der Waals surface area contributed by atoms with E-state index in [4.69, 9.17) is 9.78 Å². The molecule has 1 atom stereocenters. The van der Waals surface area contributed by atoms with Crippen molar-refractivity contribution in [2.24, 2.45) is 0 Å². The van der Waals surface area contributed by atoms with Crippen molar-refractivity contribution in [2.45, 2.75) is 25.7 Å². The fourth-order valence-corrected chi connectivity index (χ4v) is 2.80. The number of aryl methyl sites for hydroxylation is 1. The van der Waals surface area contributed by atoms with Gasteiger partial charge in [0.15, 0.2) is 5.82 Å². The third-order valence-electron chi connectivity index (χ3n) is 4.07. The number of benzene rings is 1. The first-order valence-electron chi connectivity index (χ1n) is 7.97. The molecule has 0 saturated carbocycles. The molecule has 1 fully saturated rings. The van der Waals surface area contributed by atoms with Crippen LogP contribution in [0.4, 0.5) is 5.69 Å². The van der Waals surface area contributed by atoms with Crippen LogP contribution in [0.5, 0.6) is 0 Å². The Kier molecular flexibility index (Phi) is 4.75. The van der Waals surface area contributed by atoms with E-state index < -0.39 is 11.8 Å². The molecule has 0 unspecified atom stereocenters. The number of nitriles is 1. The lowest BCUT2D eigenvalue weighted by Gasteiger charge is -2.30. The lowest BCUT2D eigenvalue weighted by molar-refractivity contribution is -0.144. The van der Waals surface area contributed by atoms with E-state index in [2.05, 4.69) is 15.5 Å². The minimum absolute atomic E-state index is 0.0541. The SMILES string of the molecule is Cc1noc([C@H]2CCCN(C(=O)C(=O)Nc3ccc(C#N)cc3)C2)n1. The predicted octanol–water partition coefficient (Wildman–Crippen LogP) is 1.59. The number of rotatable bonds is 2. The zero-order chi connectivity index (χ0) is 17.8. The molecule has 0 radical (unpaired) electrons. The summed E-state index contributed by atoms with van der Waals surface area (Å²) in [7, 11) is 0. The third kappa shape index (κ3) is 3.83. The van der Waals surface area contributed by atoms with Crippen molar-refractivity contribution in [1.29, 1.82) is 5.26 Å². The molecule has 25 heavy (non-hydrogen) atoms. The predicted molar refractivity (Wildman–Crippen MR) is 87.4 cm³/mol. The van der Waals surface area contributed by atoms with Gasteiger partial charge in [-0.2, -0.15) is 10.2 Å². The molecular weight excluding hydrogens is 322 g/mol. The van der Waals surface area contributed by atoms with Crippen molar-refractivity contribution in [2.75, 3.05) is 18.4 Å². The van der Waals surface area contributed by atoms with Crippen LogP contribution in [-0.2, 0) is 9.59 Å². The monoisotopic (exact) mass is 339 g/mol. The topological polar surface area (TPSA) is 112 Å². The number of anilines is 1. The molecule has 0 bridgehead atoms. The molecule has 8 heteroatoms. The summed E-state index contributed by atoms with van der Waals surface area (Å²) in [6.45, 7) is 2.63. The highest BCUT2D eigenvalue weighted by Crippen LogP contribution is 2.25. The number of carbonyl (C=O) groups is 2. The van der Waals surface area contributed by atoms with Crippen LogP contribution in [0.1, 0.15) is 36.0 Å². The van der Waals surface area contributed by atoms with E-state index in [1.165, 1.54) is 4.90 Å². The van der Waals surface area contributed by atoms with Gasteiger partial charge in [-0.15, -0.1) is 0 Å². The lowest BCUT2D eigenvalue weighted by atomic mass is 9.98. The molecule has 2 heterocycles. The Balaban J connectivity index is 1.63. The lowest BCUT2D eigenvalue weighted by Crippen LogP contribution is -2.44. The number of hydrogen-bond acceptors (Lipinski definition) is 6. The molecule has 2 amide bonds. The Morgan fingerprint density at radius 1 is 1.36 bits per heavy atom. The quantitative estimate of drug-likeness (QED) is 0.832. The van der Waals surface area contributed by atoms with E-state index in [1.807, 2.05) is 6.07 Å². The van der Waals surface area contributed by atoms with Gasteiger partial charge in [-0.3, -0.25) is 9.59 Å². The van der Waals surface area contributed by atoms with Gasteiger partial charge in [-0.25, -0.2) is 0 Å². The highest BCUT2D eigenvalue weighted by atomic mass is 16.5. The first kappa shape index (κ1) is 16.6. The fraction of sp³-hybridized carbons (Fsp3) is 0.353. The molecule has 1 N–H and O–H groups in total. The maximum atomic E-state index is 12.4. The average molecular weight is 339 g/mol. The number of piperidine rings is 1. The van der Waals surface area contributed by atoms with Gasteiger partial charge in [0.05, 0.1) is 17.6 Å². The third-order valence-corrected chi connectivity index (χ3v) is 4.07. The summed E-state index contributed by atoms with van der Waals surface area (Å²) < 4.78 is 5.18. The van der Waals surface area contributed by atoms with Crippen LogP contribution in [0, 0.1) is 18.3 Å². The fourth-order valence-electron chi connectivity index (χ4n) is 2.80. The zero-order valence-electron chi connectivity index (χ0n) is 13.7. The summed E-state index contributed by atoms with van der Waals surface area (Å²) in [5, 5.41) is 15.1. The van der Waals surface area contributed by atoms with Crippen molar-refractivity contribution in [3.8, 4) is 6.07 Å². The van der Waals surface area contributed by atoms with Crippen molar-refractivity contribution in [1.82, 2.24) is 15.0 Å². The van der Waals surface area contributed by atoms with Crippen molar-refractivity contribution in [3.05, 3.63) is 41.5 Å². The van der Waals surface area contributed by atoms with Crippen LogP contribution < -0.4 is 5.32 Å². The molecule has 1 aromatic carbocycles. The highest BCUT2D eigenvalue weighted by Gasteiger charge is 2.31. The molecule has 0 spiro atoms. The smallest absolute Gasteiger partial charge is 0.313 e. The second-order valence-corrected chi connectivity index (χ2v) is 5.91. The average Bonchev–Trinajstić information content (AvgIpc) is 3.08. The van der Waals surface area contributed by atoms with Crippen LogP contribution >= 0.6 is 0 Å². The minimum atomic E-state index is -0.702. The minimum Gasteiger partial charge on any atom is -0.339 e. The van der Waals surface area contributed by atoms with Crippen molar-refractivity contribution < 1.29 is 14.1 Å². The molecule has 2 aromatic rings. The molecule has 1 saturated heterocycles. The van der Waals surface area contributed by atoms with Gasteiger partial charge in [0, 0.05) is 18.8 Å². The van der Waals surface area contributed by atoms with Gasteiger partial charge in [-0.05, 0) is 44.0 Å². The summed E-state index contributed by atoms with van der Waals surface area (Å²) in [6.07, 6.45) is 1.60. The van der Waals surface area contributed by atoms with E-state index >= 15 is 0 Å². The zero-order valence-corrected chi connectivity index (χ0v) is 13.7. The molecule has 1 aliphatic rings. The molecule has 1 aliphatic heterocycles. The standard InChI is InChI=1S/C17H17N5O3/c1-11-19-16(25-21-11)13-3-2-8-22(10-13)17(24)15(23)20-14-6-4-12(9-18)5-7-14/h4-7,13H,2-3,8,10H2,1H3,(H,20,23)/t13-/m0/s1. The summed E-state index contributed by atoms with van der Waals surface area (Å²) in [5.74, 6) is -0.293. The Labute approximate surface area is 144 Å². The number of amides is 2. The Hall–Kier alpha value is -3.21. The maximum Gasteiger partial charge on any atom is 0.313 e. The molecule has 1 aromatic heterocycles. The number of nitrogens with zero attached hydrogens (tertiary/aromatic N) is 4. The Morgan fingerprint density at radius 3 is 2.76 bits per heavy atom. The number of aromatic nitrogens is 2. The van der Waals surface area contributed by atoms with E-state index in [0.29, 0.717) is 36.1 Å². The number of nitrogens with one attached hydrogen (secondary N) is 1. The second kappa shape index (κ2) is 7.13.